The van der Waals surface area contributed by atoms with E-state index in [2.05, 4.69) is 67.5 Å². The molecule has 0 bridgehead atoms. The van der Waals surface area contributed by atoms with Gasteiger partial charge in [-0.2, -0.15) is 5.10 Å². The number of piperazine rings is 1. The van der Waals surface area contributed by atoms with Crippen LogP contribution in [0.25, 0.3) is 22.5 Å². The van der Waals surface area contributed by atoms with Crippen LogP contribution in [0.4, 0.5) is 10.1 Å². The van der Waals surface area contributed by atoms with Gasteiger partial charge in [0.05, 0.1) is 22.6 Å². The first-order chi connectivity index (χ1) is 15.9. The predicted molar refractivity (Wildman–Crippen MR) is 137 cm³/mol. The van der Waals surface area contributed by atoms with Crippen molar-refractivity contribution < 1.29 is 4.39 Å². The van der Waals surface area contributed by atoms with Crippen LogP contribution >= 0.6 is 0 Å². The third kappa shape index (κ3) is 5.71. The fraction of sp³-hybridized carbons (Fsp3) is 0.321. The van der Waals surface area contributed by atoms with Crippen LogP contribution in [0.5, 0.6) is 0 Å². The lowest BCUT2D eigenvalue weighted by Gasteiger charge is -2.34. The van der Waals surface area contributed by atoms with Crippen molar-refractivity contribution in [1.82, 2.24) is 14.7 Å². The van der Waals surface area contributed by atoms with Crippen LogP contribution in [-0.4, -0.2) is 47.9 Å². The summed E-state index contributed by atoms with van der Waals surface area (Å²) in [5.74, 6) is 1.95. The summed E-state index contributed by atoms with van der Waals surface area (Å²) in [5, 5.41) is 4.71. The van der Waals surface area contributed by atoms with E-state index >= 15 is 0 Å². The largest absolute Gasteiger partial charge is 0.369 e. The van der Waals surface area contributed by atoms with E-state index in [1.165, 1.54) is 18.2 Å². The molecule has 1 saturated heterocycles. The Morgan fingerprint density at radius 1 is 1.03 bits per heavy atom. The first-order valence-corrected chi connectivity index (χ1v) is 11.4. The van der Waals surface area contributed by atoms with Gasteiger partial charge in [0, 0.05) is 37.4 Å². The topological polar surface area (TPSA) is 24.3 Å². The van der Waals surface area contributed by atoms with Crippen LogP contribution < -0.4 is 4.90 Å². The molecule has 0 saturated carbocycles. The molecule has 4 rings (SSSR count). The molecule has 1 aliphatic heterocycles. The second kappa shape index (κ2) is 11.0. The van der Waals surface area contributed by atoms with E-state index in [0.29, 0.717) is 0 Å². The number of benzene rings is 2. The molecule has 33 heavy (non-hydrogen) atoms. The first kappa shape index (κ1) is 24.3. The van der Waals surface area contributed by atoms with Gasteiger partial charge in [0.2, 0.25) is 0 Å². The molecule has 5 heteroatoms. The molecule has 1 fully saturated rings. The Morgan fingerprint density at radius 3 is 2.18 bits per heavy atom. The van der Waals surface area contributed by atoms with Gasteiger partial charge in [0.25, 0.3) is 0 Å². The number of anilines is 1. The van der Waals surface area contributed by atoms with Crippen molar-refractivity contribution in [2.45, 2.75) is 27.2 Å². The van der Waals surface area contributed by atoms with Gasteiger partial charge in [-0.05, 0) is 62.0 Å². The molecule has 0 N–H and O–H groups in total. The van der Waals surface area contributed by atoms with Crippen molar-refractivity contribution in [2.75, 3.05) is 38.1 Å². The second-order valence-electron chi connectivity index (χ2n) is 8.46. The molecule has 0 aliphatic carbocycles. The summed E-state index contributed by atoms with van der Waals surface area (Å²) in [4.78, 5) is 4.73. The Kier molecular flexibility index (Phi) is 8.08. The minimum Gasteiger partial charge on any atom is -0.369 e. The Labute approximate surface area is 197 Å². The minimum atomic E-state index is -0.412. The second-order valence-corrected chi connectivity index (χ2v) is 8.46. The lowest BCUT2D eigenvalue weighted by Crippen LogP contribution is -2.44. The highest BCUT2D eigenvalue weighted by Crippen LogP contribution is 2.28. The molecule has 4 nitrogen and oxygen atoms in total. The van der Waals surface area contributed by atoms with E-state index in [1.807, 2.05) is 23.7 Å². The summed E-state index contributed by atoms with van der Waals surface area (Å²) in [6, 6.07) is 15.2. The van der Waals surface area contributed by atoms with Gasteiger partial charge >= 0.3 is 0 Å². The van der Waals surface area contributed by atoms with Crippen LogP contribution in [0, 0.1) is 18.2 Å². The van der Waals surface area contributed by atoms with E-state index in [4.69, 9.17) is 11.5 Å². The first-order valence-electron chi connectivity index (χ1n) is 11.4. The smallest absolute Gasteiger partial charge is 0.139 e. The van der Waals surface area contributed by atoms with E-state index in [9.17, 15) is 4.39 Å². The molecule has 1 aromatic heterocycles. The zero-order chi connectivity index (χ0) is 24.0. The highest BCUT2D eigenvalue weighted by Gasteiger charge is 2.16. The van der Waals surface area contributed by atoms with Crippen molar-refractivity contribution >= 4 is 11.3 Å². The third-order valence-electron chi connectivity index (χ3n) is 5.53. The summed E-state index contributed by atoms with van der Waals surface area (Å²) in [7, 11) is 2.15. The van der Waals surface area contributed by atoms with Crippen LogP contribution in [-0.2, 0) is 0 Å². The van der Waals surface area contributed by atoms with E-state index in [1.54, 1.807) is 6.07 Å². The maximum Gasteiger partial charge on any atom is 0.139 e. The lowest BCUT2D eigenvalue weighted by atomic mass is 10.1. The summed E-state index contributed by atoms with van der Waals surface area (Å²) in [5.41, 5.74) is 5.50. The van der Waals surface area contributed by atoms with Crippen molar-refractivity contribution in [2.24, 2.45) is 0 Å². The summed E-state index contributed by atoms with van der Waals surface area (Å²) in [6.45, 7) is 14.3. The molecule has 2 heterocycles. The minimum absolute atomic E-state index is 0.251. The third-order valence-corrected chi connectivity index (χ3v) is 5.53. The molecular weight excluding hydrogens is 411 g/mol. The van der Waals surface area contributed by atoms with Crippen molar-refractivity contribution in [3.8, 4) is 29.3 Å². The number of aromatic nitrogens is 2. The Balaban J connectivity index is 0.000000968. The van der Waals surface area contributed by atoms with Crippen molar-refractivity contribution in [1.29, 1.82) is 0 Å². The molecule has 0 unspecified atom stereocenters. The lowest BCUT2D eigenvalue weighted by molar-refractivity contribution is 0.313. The summed E-state index contributed by atoms with van der Waals surface area (Å²) in [6.07, 6.45) is 6.61. The number of hydrogen-bond acceptors (Lipinski definition) is 3. The van der Waals surface area contributed by atoms with Crippen LogP contribution in [0.1, 0.15) is 38.4 Å². The van der Waals surface area contributed by atoms with E-state index in [-0.39, 0.29) is 5.56 Å². The molecule has 0 radical (unpaired) electrons. The molecule has 0 amide bonds. The number of allylic oxidation sites excluding steroid dienone is 1. The van der Waals surface area contributed by atoms with Crippen LogP contribution in [0.3, 0.4) is 0 Å². The number of rotatable bonds is 4. The number of terminal acetylenes is 1. The fourth-order valence-corrected chi connectivity index (χ4v) is 3.65. The van der Waals surface area contributed by atoms with Gasteiger partial charge in [-0.1, -0.05) is 38.8 Å². The van der Waals surface area contributed by atoms with Gasteiger partial charge < -0.3 is 9.80 Å². The molecule has 172 valence electrons. The van der Waals surface area contributed by atoms with Crippen LogP contribution in [0.15, 0.2) is 55.1 Å². The van der Waals surface area contributed by atoms with Crippen LogP contribution in [0.2, 0.25) is 0 Å². The number of halogens is 1. The van der Waals surface area contributed by atoms with Gasteiger partial charge in [0.1, 0.15) is 5.82 Å². The zero-order valence-corrected chi connectivity index (χ0v) is 20.1. The molecule has 1 aliphatic rings. The molecule has 2 aromatic carbocycles. The van der Waals surface area contributed by atoms with Crippen molar-refractivity contribution in [3.63, 3.8) is 0 Å². The Bertz CT molecular complexity index is 1130. The zero-order valence-electron chi connectivity index (χ0n) is 20.1. The number of hydrogen-bond donors (Lipinski definition) is 0. The molecule has 3 aromatic rings. The maximum atomic E-state index is 14.3. The van der Waals surface area contributed by atoms with Gasteiger partial charge in [-0.3, -0.25) is 0 Å². The molecule has 0 spiro atoms. The maximum absolute atomic E-state index is 14.3. The summed E-state index contributed by atoms with van der Waals surface area (Å²) < 4.78 is 16.2. The predicted octanol–water partition coefficient (Wildman–Crippen LogP) is 5.86. The SMILES string of the molecule is C#Cc1ccc(-c2cc(C(=C)C)nn2-c2ccc(N3CCN(C)CC3)cc2)cc1F.CCC. The fourth-order valence-electron chi connectivity index (χ4n) is 3.65. The average molecular weight is 445 g/mol. The molecule has 0 atom stereocenters. The van der Waals surface area contributed by atoms with Gasteiger partial charge in [-0.15, -0.1) is 6.42 Å². The normalized spacial score (nSPS) is 13.8. The van der Waals surface area contributed by atoms with E-state index < -0.39 is 5.82 Å². The quantitative estimate of drug-likeness (QED) is 0.471. The monoisotopic (exact) mass is 444 g/mol. The van der Waals surface area contributed by atoms with Crippen molar-refractivity contribution in [3.05, 3.63) is 72.2 Å². The average Bonchev–Trinajstić information content (AvgIpc) is 3.26. The molecular formula is C28H33FN4. The van der Waals surface area contributed by atoms with E-state index in [0.717, 1.165) is 54.4 Å². The summed E-state index contributed by atoms with van der Waals surface area (Å²) >= 11 is 0. The van der Waals surface area contributed by atoms with Gasteiger partial charge in [0.15, 0.2) is 0 Å². The highest BCUT2D eigenvalue weighted by molar-refractivity contribution is 5.70. The Morgan fingerprint density at radius 2 is 1.64 bits per heavy atom. The van der Waals surface area contributed by atoms with Gasteiger partial charge in [-0.25, -0.2) is 9.07 Å². The number of likely N-dealkylation sites (N-methyl/N-ethyl adjacent to an activating group) is 1. The standard InChI is InChI=1S/C25H25FN4.C3H8/c1-5-19-6-7-20(16-23(19)26)25-17-24(18(2)3)27-30(25)22-10-8-21(9-11-22)29-14-12-28(4)13-15-29;1-3-2/h1,6-11,16-17H,2,12-15H2,3-4H3;3H2,1-2H3. The highest BCUT2D eigenvalue weighted by atomic mass is 19.1. The number of nitrogens with zero attached hydrogens (tertiary/aromatic N) is 4. The Hall–Kier alpha value is -3.36.